The summed E-state index contributed by atoms with van der Waals surface area (Å²) < 4.78 is 28.4. The minimum Gasteiger partial charge on any atom is -0.435 e. The van der Waals surface area contributed by atoms with Crippen molar-refractivity contribution in [1.82, 2.24) is 4.98 Å². The first-order chi connectivity index (χ1) is 10.2. The number of halogens is 2. The van der Waals surface area contributed by atoms with Gasteiger partial charge in [-0.25, -0.2) is 4.98 Å². The summed E-state index contributed by atoms with van der Waals surface area (Å²) >= 11 is 0. The average Bonchev–Trinajstić information content (AvgIpc) is 2.47. The highest BCUT2D eigenvalue weighted by Crippen LogP contribution is 2.22. The molecule has 0 aliphatic carbocycles. The number of hydrogen-bond acceptors (Lipinski definition) is 4. The van der Waals surface area contributed by atoms with Crippen LogP contribution in [-0.2, 0) is 0 Å². The van der Waals surface area contributed by atoms with Gasteiger partial charge in [0.05, 0.1) is 0 Å². The maximum atomic E-state index is 12.1. The van der Waals surface area contributed by atoms with Gasteiger partial charge in [0, 0.05) is 30.2 Å². The van der Waals surface area contributed by atoms with Crippen molar-refractivity contribution in [3.05, 3.63) is 42.6 Å². The molecule has 0 aliphatic rings. The molecule has 4 nitrogen and oxygen atoms in total. The zero-order valence-electron chi connectivity index (χ0n) is 11.6. The third-order valence-corrected chi connectivity index (χ3v) is 2.68. The van der Waals surface area contributed by atoms with E-state index in [9.17, 15) is 8.78 Å². The van der Waals surface area contributed by atoms with Gasteiger partial charge >= 0.3 is 6.61 Å². The molecule has 2 rings (SSSR count). The number of alkyl halides is 2. The van der Waals surface area contributed by atoms with Crippen LogP contribution in [0.5, 0.6) is 5.75 Å². The fraction of sp³-hybridized carbons (Fsp3) is 0.267. The summed E-state index contributed by atoms with van der Waals surface area (Å²) in [7, 11) is 0. The lowest BCUT2D eigenvalue weighted by molar-refractivity contribution is -0.0498. The highest BCUT2D eigenvalue weighted by atomic mass is 19.3. The normalized spacial score (nSPS) is 10.5. The van der Waals surface area contributed by atoms with Gasteiger partial charge < -0.3 is 15.4 Å². The van der Waals surface area contributed by atoms with E-state index in [1.807, 2.05) is 12.1 Å². The molecule has 0 fully saturated rings. The molecule has 0 aliphatic heterocycles. The van der Waals surface area contributed by atoms with Crippen molar-refractivity contribution in [2.75, 3.05) is 17.2 Å². The molecule has 2 aromatic rings. The second-order valence-corrected chi connectivity index (χ2v) is 4.38. The number of benzene rings is 1. The third-order valence-electron chi connectivity index (χ3n) is 2.68. The van der Waals surface area contributed by atoms with E-state index in [4.69, 9.17) is 0 Å². The standard InChI is InChI=1S/C15H17F2N3O/c1-2-8-18-14-10-12(7-9-19-14)20-11-3-5-13(6-4-11)21-15(16)17/h3-7,9-10,15H,2,8H2,1H3,(H2,18,19,20). The number of nitrogens with one attached hydrogen (secondary N) is 2. The number of rotatable bonds is 7. The molecule has 0 atom stereocenters. The van der Waals surface area contributed by atoms with E-state index in [0.717, 1.165) is 30.2 Å². The summed E-state index contributed by atoms with van der Waals surface area (Å²) in [5.74, 6) is 0.926. The Morgan fingerprint density at radius 3 is 2.57 bits per heavy atom. The molecule has 0 amide bonds. The van der Waals surface area contributed by atoms with E-state index in [0.29, 0.717) is 0 Å². The van der Waals surface area contributed by atoms with E-state index in [2.05, 4.69) is 27.3 Å². The first kappa shape index (κ1) is 15.0. The number of aromatic nitrogens is 1. The Kier molecular flexibility index (Phi) is 5.31. The maximum Gasteiger partial charge on any atom is 0.387 e. The second-order valence-electron chi connectivity index (χ2n) is 4.38. The summed E-state index contributed by atoms with van der Waals surface area (Å²) in [6.07, 6.45) is 2.72. The van der Waals surface area contributed by atoms with Crippen LogP contribution in [-0.4, -0.2) is 18.1 Å². The molecular formula is C15H17F2N3O. The molecule has 21 heavy (non-hydrogen) atoms. The quantitative estimate of drug-likeness (QED) is 0.801. The second kappa shape index (κ2) is 7.42. The predicted octanol–water partition coefficient (Wildman–Crippen LogP) is 4.25. The van der Waals surface area contributed by atoms with Gasteiger partial charge in [-0.1, -0.05) is 6.92 Å². The number of anilines is 3. The zero-order chi connectivity index (χ0) is 15.1. The largest absolute Gasteiger partial charge is 0.435 e. The monoisotopic (exact) mass is 293 g/mol. The van der Waals surface area contributed by atoms with E-state index in [-0.39, 0.29) is 5.75 Å². The molecule has 1 aromatic heterocycles. The van der Waals surface area contributed by atoms with E-state index >= 15 is 0 Å². The molecule has 2 N–H and O–H groups in total. The number of hydrogen-bond donors (Lipinski definition) is 2. The van der Waals surface area contributed by atoms with Crippen LogP contribution in [0.3, 0.4) is 0 Å². The molecular weight excluding hydrogens is 276 g/mol. The van der Waals surface area contributed by atoms with E-state index in [1.54, 1.807) is 18.3 Å². The molecule has 1 aromatic carbocycles. The molecule has 6 heteroatoms. The summed E-state index contributed by atoms with van der Waals surface area (Å²) in [5.41, 5.74) is 1.65. The lowest BCUT2D eigenvalue weighted by Gasteiger charge is -2.10. The molecule has 1 heterocycles. The Morgan fingerprint density at radius 1 is 1.14 bits per heavy atom. The SMILES string of the molecule is CCCNc1cc(Nc2ccc(OC(F)F)cc2)ccn1. The Bertz CT molecular complexity index is 561. The Balaban J connectivity index is 2.00. The Morgan fingerprint density at radius 2 is 1.90 bits per heavy atom. The molecule has 0 unspecified atom stereocenters. The van der Waals surface area contributed by atoms with Gasteiger partial charge in [-0.2, -0.15) is 8.78 Å². The summed E-state index contributed by atoms with van der Waals surface area (Å²) in [6, 6.07) is 10.1. The predicted molar refractivity (Wildman–Crippen MR) is 79.4 cm³/mol. The van der Waals surface area contributed by atoms with Crippen LogP contribution in [0.4, 0.5) is 26.0 Å². The fourth-order valence-electron chi connectivity index (χ4n) is 1.74. The Labute approximate surface area is 122 Å². The molecule has 0 radical (unpaired) electrons. The van der Waals surface area contributed by atoms with Crippen LogP contribution in [0.1, 0.15) is 13.3 Å². The van der Waals surface area contributed by atoms with E-state index < -0.39 is 6.61 Å². The first-order valence-corrected chi connectivity index (χ1v) is 6.69. The van der Waals surface area contributed by atoms with Gasteiger partial charge in [0.2, 0.25) is 0 Å². The number of nitrogens with zero attached hydrogens (tertiary/aromatic N) is 1. The highest BCUT2D eigenvalue weighted by Gasteiger charge is 2.04. The zero-order valence-corrected chi connectivity index (χ0v) is 11.6. The van der Waals surface area contributed by atoms with Gasteiger partial charge in [0.15, 0.2) is 0 Å². The van der Waals surface area contributed by atoms with Crippen molar-refractivity contribution >= 4 is 17.2 Å². The minimum atomic E-state index is -2.81. The van der Waals surface area contributed by atoms with Crippen molar-refractivity contribution in [1.29, 1.82) is 0 Å². The Hall–Kier alpha value is -2.37. The van der Waals surface area contributed by atoms with Gasteiger partial charge in [0.1, 0.15) is 11.6 Å². The van der Waals surface area contributed by atoms with Crippen molar-refractivity contribution in [3.8, 4) is 5.75 Å². The summed E-state index contributed by atoms with van der Waals surface area (Å²) in [5, 5.41) is 6.37. The highest BCUT2D eigenvalue weighted by molar-refractivity contribution is 5.62. The number of pyridine rings is 1. The topological polar surface area (TPSA) is 46.2 Å². The van der Waals surface area contributed by atoms with E-state index in [1.165, 1.54) is 12.1 Å². The smallest absolute Gasteiger partial charge is 0.387 e. The maximum absolute atomic E-state index is 12.1. The summed E-state index contributed by atoms with van der Waals surface area (Å²) in [6.45, 7) is 0.130. The summed E-state index contributed by atoms with van der Waals surface area (Å²) in [4.78, 5) is 4.21. The number of ether oxygens (including phenoxy) is 1. The lowest BCUT2D eigenvalue weighted by atomic mass is 10.3. The van der Waals surface area contributed by atoms with Crippen LogP contribution in [0, 0.1) is 0 Å². The fourth-order valence-corrected chi connectivity index (χ4v) is 1.74. The molecule has 112 valence electrons. The molecule has 0 bridgehead atoms. The first-order valence-electron chi connectivity index (χ1n) is 6.69. The van der Waals surface area contributed by atoms with Gasteiger partial charge in [-0.05, 0) is 36.8 Å². The van der Waals surface area contributed by atoms with Gasteiger partial charge in [-0.15, -0.1) is 0 Å². The molecule has 0 saturated heterocycles. The van der Waals surface area contributed by atoms with Crippen LogP contribution < -0.4 is 15.4 Å². The van der Waals surface area contributed by atoms with Gasteiger partial charge in [-0.3, -0.25) is 0 Å². The van der Waals surface area contributed by atoms with Crippen LogP contribution in [0.2, 0.25) is 0 Å². The van der Waals surface area contributed by atoms with Crippen LogP contribution >= 0.6 is 0 Å². The third kappa shape index (κ3) is 4.91. The molecule has 0 spiro atoms. The van der Waals surface area contributed by atoms with Crippen molar-refractivity contribution < 1.29 is 13.5 Å². The average molecular weight is 293 g/mol. The van der Waals surface area contributed by atoms with Crippen molar-refractivity contribution in [2.24, 2.45) is 0 Å². The van der Waals surface area contributed by atoms with Crippen molar-refractivity contribution in [2.45, 2.75) is 20.0 Å². The lowest BCUT2D eigenvalue weighted by Crippen LogP contribution is -2.02. The minimum absolute atomic E-state index is 0.135. The van der Waals surface area contributed by atoms with Crippen molar-refractivity contribution in [3.63, 3.8) is 0 Å². The molecule has 0 saturated carbocycles. The van der Waals surface area contributed by atoms with Crippen LogP contribution in [0.25, 0.3) is 0 Å². The van der Waals surface area contributed by atoms with Crippen LogP contribution in [0.15, 0.2) is 42.6 Å². The van der Waals surface area contributed by atoms with Gasteiger partial charge in [0.25, 0.3) is 0 Å².